The zero-order chi connectivity index (χ0) is 13.1. The normalized spacial score (nSPS) is 22.9. The summed E-state index contributed by atoms with van der Waals surface area (Å²) in [6, 6.07) is 1.28. The van der Waals surface area contributed by atoms with Crippen LogP contribution < -0.4 is 11.0 Å². The van der Waals surface area contributed by atoms with Gasteiger partial charge in [-0.25, -0.2) is 4.39 Å². The van der Waals surface area contributed by atoms with Crippen LogP contribution in [0, 0.1) is 5.92 Å². The van der Waals surface area contributed by atoms with Crippen molar-refractivity contribution < 1.29 is 4.39 Å². The second kappa shape index (κ2) is 5.16. The lowest BCUT2D eigenvalue weighted by Gasteiger charge is -2.16. The van der Waals surface area contributed by atoms with Crippen molar-refractivity contribution in [3.05, 3.63) is 56.1 Å². The van der Waals surface area contributed by atoms with Gasteiger partial charge >= 0.3 is 5.56 Å². The van der Waals surface area contributed by atoms with Crippen molar-refractivity contribution >= 4 is 0 Å². The quantitative estimate of drug-likeness (QED) is 0.798. The zero-order valence-electron chi connectivity index (χ0n) is 10.1. The highest BCUT2D eigenvalue weighted by molar-refractivity contribution is 5.26. The van der Waals surface area contributed by atoms with Crippen LogP contribution in [0.15, 0.2) is 39.5 Å². The molecule has 2 rings (SSSR count). The van der Waals surface area contributed by atoms with Gasteiger partial charge in [-0.3, -0.25) is 14.7 Å². The Balaban J connectivity index is 2.02. The largest absolute Gasteiger partial charge is 0.310 e. The van der Waals surface area contributed by atoms with Crippen LogP contribution in [-0.2, 0) is 6.42 Å². The van der Waals surface area contributed by atoms with Crippen molar-refractivity contribution in [2.24, 2.45) is 5.92 Å². The van der Waals surface area contributed by atoms with Crippen LogP contribution in [0.3, 0.4) is 0 Å². The van der Waals surface area contributed by atoms with Crippen LogP contribution in [-0.4, -0.2) is 16.4 Å². The van der Waals surface area contributed by atoms with Crippen LogP contribution in [0.2, 0.25) is 0 Å². The van der Waals surface area contributed by atoms with E-state index < -0.39 is 17.2 Å². The molecule has 0 spiro atoms. The van der Waals surface area contributed by atoms with Gasteiger partial charge in [-0.2, -0.15) is 0 Å². The molecule has 1 heterocycles. The van der Waals surface area contributed by atoms with Gasteiger partial charge in [0.1, 0.15) is 6.17 Å². The molecular formula is C13H15FN2O2. The highest BCUT2D eigenvalue weighted by Crippen LogP contribution is 2.21. The van der Waals surface area contributed by atoms with Crippen LogP contribution in [0.1, 0.15) is 19.0 Å². The third kappa shape index (κ3) is 2.85. The number of H-pyrrole nitrogens is 2. The molecule has 0 aromatic carbocycles. The monoisotopic (exact) mass is 250 g/mol. The number of aryl methyl sites for hydroxylation is 1. The van der Waals surface area contributed by atoms with E-state index in [-0.39, 0.29) is 5.92 Å². The minimum Gasteiger partial charge on any atom is -0.302 e. The fraction of sp³-hybridized carbons (Fsp3) is 0.385. The van der Waals surface area contributed by atoms with E-state index in [2.05, 4.69) is 10.2 Å². The molecule has 0 radical (unpaired) electrons. The van der Waals surface area contributed by atoms with E-state index in [1.807, 2.05) is 19.1 Å². The van der Waals surface area contributed by atoms with Crippen molar-refractivity contribution in [3.63, 3.8) is 0 Å². The van der Waals surface area contributed by atoms with Gasteiger partial charge in [0.05, 0.1) is 0 Å². The van der Waals surface area contributed by atoms with Gasteiger partial charge in [0.2, 0.25) is 5.43 Å². The second-order valence-electron chi connectivity index (χ2n) is 4.52. The third-order valence-electron chi connectivity index (χ3n) is 3.04. The Labute approximate surface area is 103 Å². The fourth-order valence-corrected chi connectivity index (χ4v) is 1.83. The number of hydrogen-bond acceptors (Lipinski definition) is 2. The molecule has 0 saturated carbocycles. The van der Waals surface area contributed by atoms with E-state index in [4.69, 9.17) is 0 Å². The van der Waals surface area contributed by atoms with Gasteiger partial charge in [0.25, 0.3) is 0 Å². The summed E-state index contributed by atoms with van der Waals surface area (Å²) in [5.74, 6) is -0.0818. The Bertz CT molecular complexity index is 597. The Kier molecular flexibility index (Phi) is 3.60. The van der Waals surface area contributed by atoms with Crippen molar-refractivity contribution in [2.75, 3.05) is 0 Å². The van der Waals surface area contributed by atoms with Crippen molar-refractivity contribution in [1.82, 2.24) is 10.2 Å². The first-order chi connectivity index (χ1) is 8.56. The van der Waals surface area contributed by atoms with Crippen LogP contribution in [0.25, 0.3) is 0 Å². The number of alkyl halides is 1. The molecule has 1 aromatic rings. The van der Waals surface area contributed by atoms with Crippen molar-refractivity contribution in [1.29, 1.82) is 0 Å². The molecule has 2 unspecified atom stereocenters. The number of aromatic nitrogens is 2. The first-order valence-electron chi connectivity index (χ1n) is 5.90. The number of aromatic amines is 2. The van der Waals surface area contributed by atoms with E-state index in [0.29, 0.717) is 18.5 Å². The molecule has 0 bridgehead atoms. The van der Waals surface area contributed by atoms with E-state index in [1.54, 1.807) is 6.08 Å². The van der Waals surface area contributed by atoms with Crippen LogP contribution in [0.4, 0.5) is 4.39 Å². The third-order valence-corrected chi connectivity index (χ3v) is 3.04. The Morgan fingerprint density at radius 3 is 2.72 bits per heavy atom. The minimum atomic E-state index is -0.945. The average Bonchev–Trinajstić information content (AvgIpc) is 2.35. The van der Waals surface area contributed by atoms with Crippen molar-refractivity contribution in [2.45, 2.75) is 25.9 Å². The lowest BCUT2D eigenvalue weighted by molar-refractivity contribution is 0.331. The summed E-state index contributed by atoms with van der Waals surface area (Å²) in [6.45, 7) is 1.83. The van der Waals surface area contributed by atoms with Gasteiger partial charge < -0.3 is 5.10 Å². The van der Waals surface area contributed by atoms with Crippen molar-refractivity contribution in [3.8, 4) is 0 Å². The van der Waals surface area contributed by atoms with Gasteiger partial charge in [0, 0.05) is 17.7 Å². The van der Waals surface area contributed by atoms with Gasteiger partial charge in [-0.15, -0.1) is 0 Å². The first-order valence-corrected chi connectivity index (χ1v) is 5.90. The molecule has 18 heavy (non-hydrogen) atoms. The highest BCUT2D eigenvalue weighted by Gasteiger charge is 2.15. The number of allylic oxidation sites excluding steroid dienone is 4. The molecule has 96 valence electrons. The molecule has 2 N–H and O–H groups in total. The predicted molar refractivity (Wildman–Crippen MR) is 67.3 cm³/mol. The SMILES string of the molecule is CC1C=CC(CCc2cc(=O)c(=O)[nH][nH]2)=CC1F. The summed E-state index contributed by atoms with van der Waals surface area (Å²) < 4.78 is 13.4. The fourth-order valence-electron chi connectivity index (χ4n) is 1.83. The number of hydrogen-bond donors (Lipinski definition) is 2. The van der Waals surface area contributed by atoms with E-state index in [1.165, 1.54) is 6.07 Å². The molecule has 5 heteroatoms. The first kappa shape index (κ1) is 12.5. The number of rotatable bonds is 3. The summed E-state index contributed by atoms with van der Waals surface area (Å²) in [5, 5.41) is 4.92. The number of halogens is 1. The smallest absolute Gasteiger partial charge is 0.302 e. The maximum atomic E-state index is 13.4. The summed E-state index contributed by atoms with van der Waals surface area (Å²) in [4.78, 5) is 22.0. The molecule has 1 aromatic heterocycles. The average molecular weight is 250 g/mol. The van der Waals surface area contributed by atoms with Crippen LogP contribution in [0.5, 0.6) is 0 Å². The summed E-state index contributed by atoms with van der Waals surface area (Å²) >= 11 is 0. The highest BCUT2D eigenvalue weighted by atomic mass is 19.1. The van der Waals surface area contributed by atoms with Crippen LogP contribution >= 0.6 is 0 Å². The van der Waals surface area contributed by atoms with Gasteiger partial charge in [-0.1, -0.05) is 19.1 Å². The maximum absolute atomic E-state index is 13.4. The summed E-state index contributed by atoms with van der Waals surface area (Å²) in [5.41, 5.74) is 0.331. The molecule has 0 amide bonds. The van der Waals surface area contributed by atoms with E-state index in [9.17, 15) is 14.0 Å². The van der Waals surface area contributed by atoms with Gasteiger partial charge in [-0.05, 0) is 24.5 Å². The topological polar surface area (TPSA) is 65.7 Å². The minimum absolute atomic E-state index is 0.0818. The Morgan fingerprint density at radius 2 is 2.06 bits per heavy atom. The second-order valence-corrected chi connectivity index (χ2v) is 4.52. The molecular weight excluding hydrogens is 235 g/mol. The van der Waals surface area contributed by atoms with Gasteiger partial charge in [0.15, 0.2) is 0 Å². The molecule has 0 fully saturated rings. The zero-order valence-corrected chi connectivity index (χ0v) is 10.1. The molecule has 0 saturated heterocycles. The molecule has 1 aliphatic rings. The molecule has 0 aliphatic heterocycles. The summed E-state index contributed by atoms with van der Waals surface area (Å²) in [6.07, 6.45) is 5.60. The van der Waals surface area contributed by atoms with E-state index >= 15 is 0 Å². The predicted octanol–water partition coefficient (Wildman–Crippen LogP) is 1.47. The molecule has 2 atom stereocenters. The maximum Gasteiger partial charge on any atom is 0.310 e. The Morgan fingerprint density at radius 1 is 1.28 bits per heavy atom. The lowest BCUT2D eigenvalue weighted by atomic mass is 9.94. The Hall–Kier alpha value is -1.91. The standard InChI is InChI=1S/C13H15FN2O2/c1-8-2-3-9(6-11(8)14)4-5-10-7-12(17)13(18)16-15-10/h2-3,6-8,11H,4-5H2,1H3,(H,15,17)(H,16,18). The summed E-state index contributed by atoms with van der Waals surface area (Å²) in [7, 11) is 0. The lowest BCUT2D eigenvalue weighted by Crippen LogP contribution is -2.27. The number of nitrogens with one attached hydrogen (secondary N) is 2. The molecule has 1 aliphatic carbocycles. The van der Waals surface area contributed by atoms with E-state index in [0.717, 1.165) is 5.57 Å². The molecule has 4 nitrogen and oxygen atoms in total.